The van der Waals surface area contributed by atoms with Crippen LogP contribution < -0.4 is 11.2 Å². The molecule has 1 aromatic carbocycles. The first kappa shape index (κ1) is 10.7. The third kappa shape index (κ3) is 2.55. The summed E-state index contributed by atoms with van der Waals surface area (Å²) in [5, 5.41) is 17.6. The molecule has 1 rings (SSSR count). The van der Waals surface area contributed by atoms with Crippen LogP contribution in [0, 0.1) is 5.82 Å². The molecule has 0 atom stereocenters. The van der Waals surface area contributed by atoms with Crippen LogP contribution in [0.15, 0.2) is 18.2 Å². The quantitative estimate of drug-likeness (QED) is 0.517. The Labute approximate surface area is 80.3 Å². The Morgan fingerprint density at radius 2 is 2.14 bits per heavy atom. The number of carbonyl (C=O) groups excluding carboxylic acids is 1. The van der Waals surface area contributed by atoms with Crippen molar-refractivity contribution in [3.8, 4) is 0 Å². The summed E-state index contributed by atoms with van der Waals surface area (Å²) < 4.78 is 13.0. The lowest BCUT2D eigenvalue weighted by Crippen LogP contribution is -2.30. The van der Waals surface area contributed by atoms with E-state index >= 15 is 0 Å². The number of amides is 1. The molecular weight excluding hydrogens is 188 g/mol. The van der Waals surface area contributed by atoms with Gasteiger partial charge in [0.2, 0.25) is 5.91 Å². The Hall–Kier alpha value is -1.40. The van der Waals surface area contributed by atoms with Crippen molar-refractivity contribution in [2.24, 2.45) is 5.73 Å². The molecule has 1 aromatic rings. The van der Waals surface area contributed by atoms with Crippen molar-refractivity contribution in [1.82, 2.24) is 0 Å². The number of nitrogens with two attached hydrogens (primary N) is 1. The van der Waals surface area contributed by atoms with Gasteiger partial charge in [0.25, 0.3) is 0 Å². The zero-order valence-electron chi connectivity index (χ0n) is 7.27. The average molecular weight is 197 g/mol. The van der Waals surface area contributed by atoms with E-state index in [4.69, 9.17) is 15.8 Å². The van der Waals surface area contributed by atoms with Gasteiger partial charge < -0.3 is 15.8 Å². The summed E-state index contributed by atoms with van der Waals surface area (Å²) in [6.07, 6.45) is -0.258. The van der Waals surface area contributed by atoms with Crippen LogP contribution >= 0.6 is 0 Å². The van der Waals surface area contributed by atoms with Crippen molar-refractivity contribution in [2.75, 3.05) is 0 Å². The molecule has 0 radical (unpaired) electrons. The summed E-state index contributed by atoms with van der Waals surface area (Å²) in [5.41, 5.74) is 5.07. The van der Waals surface area contributed by atoms with Gasteiger partial charge >= 0.3 is 7.12 Å². The van der Waals surface area contributed by atoms with Gasteiger partial charge in [0.05, 0.1) is 6.42 Å². The Morgan fingerprint density at radius 3 is 2.64 bits per heavy atom. The predicted octanol–water partition coefficient (Wildman–Crippen LogP) is -1.47. The smallest absolute Gasteiger partial charge is 0.423 e. The highest BCUT2D eigenvalue weighted by molar-refractivity contribution is 6.58. The topological polar surface area (TPSA) is 83.6 Å². The minimum atomic E-state index is -1.68. The summed E-state index contributed by atoms with van der Waals surface area (Å²) in [6.45, 7) is 0. The number of halogens is 1. The predicted molar refractivity (Wildman–Crippen MR) is 49.1 cm³/mol. The molecule has 14 heavy (non-hydrogen) atoms. The number of carbonyl (C=O) groups is 1. The average Bonchev–Trinajstić information content (AvgIpc) is 2.07. The van der Waals surface area contributed by atoms with Gasteiger partial charge in [-0.05, 0) is 17.1 Å². The minimum Gasteiger partial charge on any atom is -0.423 e. The van der Waals surface area contributed by atoms with Crippen LogP contribution in [0.1, 0.15) is 5.56 Å². The Balaban J connectivity index is 3.02. The van der Waals surface area contributed by atoms with E-state index in [1.54, 1.807) is 0 Å². The van der Waals surface area contributed by atoms with Crippen molar-refractivity contribution in [3.63, 3.8) is 0 Å². The first-order valence-corrected chi connectivity index (χ1v) is 3.93. The van der Waals surface area contributed by atoms with Gasteiger partial charge in [-0.3, -0.25) is 4.79 Å². The first-order chi connectivity index (χ1) is 6.50. The molecule has 0 bridgehead atoms. The van der Waals surface area contributed by atoms with E-state index in [2.05, 4.69) is 0 Å². The molecule has 4 nitrogen and oxygen atoms in total. The van der Waals surface area contributed by atoms with Crippen LogP contribution in [0.4, 0.5) is 4.39 Å². The fourth-order valence-corrected chi connectivity index (χ4v) is 1.08. The van der Waals surface area contributed by atoms with Gasteiger partial charge in [-0.25, -0.2) is 4.39 Å². The SMILES string of the molecule is NC(=O)Cc1cc(B(O)O)ccc1F. The highest BCUT2D eigenvalue weighted by Crippen LogP contribution is 2.05. The molecule has 0 saturated heterocycles. The highest BCUT2D eigenvalue weighted by Gasteiger charge is 2.14. The fraction of sp³-hybridized carbons (Fsp3) is 0.125. The zero-order chi connectivity index (χ0) is 10.7. The lowest BCUT2D eigenvalue weighted by molar-refractivity contribution is -0.117. The Bertz CT molecular complexity index is 356. The highest BCUT2D eigenvalue weighted by atomic mass is 19.1. The molecule has 6 heteroatoms. The largest absolute Gasteiger partial charge is 0.488 e. The second-order valence-corrected chi connectivity index (χ2v) is 2.87. The Kier molecular flexibility index (Phi) is 3.21. The van der Waals surface area contributed by atoms with E-state index in [1.165, 1.54) is 12.1 Å². The normalized spacial score (nSPS) is 9.93. The van der Waals surface area contributed by atoms with E-state index in [1.807, 2.05) is 0 Å². The maximum atomic E-state index is 13.0. The van der Waals surface area contributed by atoms with Crippen LogP contribution in [0.25, 0.3) is 0 Å². The van der Waals surface area contributed by atoms with Gasteiger partial charge in [0, 0.05) is 0 Å². The molecule has 0 aromatic heterocycles. The van der Waals surface area contributed by atoms with E-state index < -0.39 is 18.8 Å². The summed E-state index contributed by atoms with van der Waals surface area (Å²) in [5.74, 6) is -1.26. The van der Waals surface area contributed by atoms with Crippen LogP contribution in [-0.2, 0) is 11.2 Å². The molecule has 4 N–H and O–H groups in total. The van der Waals surface area contributed by atoms with Crippen LogP contribution in [0.3, 0.4) is 0 Å². The molecular formula is C8H9BFNO3. The molecule has 74 valence electrons. The molecule has 0 unspecified atom stereocenters. The molecule has 0 aliphatic carbocycles. The third-order valence-corrected chi connectivity index (χ3v) is 1.73. The summed E-state index contributed by atoms with van der Waals surface area (Å²) in [4.78, 5) is 10.5. The summed E-state index contributed by atoms with van der Waals surface area (Å²) in [7, 11) is -1.68. The third-order valence-electron chi connectivity index (χ3n) is 1.73. The lowest BCUT2D eigenvalue weighted by atomic mass is 9.79. The van der Waals surface area contributed by atoms with E-state index in [-0.39, 0.29) is 17.4 Å². The van der Waals surface area contributed by atoms with E-state index in [9.17, 15) is 9.18 Å². The van der Waals surface area contributed by atoms with Crippen molar-refractivity contribution >= 4 is 18.5 Å². The van der Waals surface area contributed by atoms with Gasteiger partial charge in [0.1, 0.15) is 5.82 Å². The number of hydrogen-bond acceptors (Lipinski definition) is 3. The molecule has 0 aliphatic heterocycles. The van der Waals surface area contributed by atoms with Crippen LogP contribution in [0.5, 0.6) is 0 Å². The number of hydrogen-bond donors (Lipinski definition) is 3. The maximum Gasteiger partial charge on any atom is 0.488 e. The number of primary amides is 1. The first-order valence-electron chi connectivity index (χ1n) is 3.93. The zero-order valence-corrected chi connectivity index (χ0v) is 7.27. The Morgan fingerprint density at radius 1 is 1.50 bits per heavy atom. The maximum absolute atomic E-state index is 13.0. The fourth-order valence-electron chi connectivity index (χ4n) is 1.08. The van der Waals surface area contributed by atoms with Crippen molar-refractivity contribution in [1.29, 1.82) is 0 Å². The van der Waals surface area contributed by atoms with Gasteiger partial charge in [0.15, 0.2) is 0 Å². The van der Waals surface area contributed by atoms with E-state index in [0.717, 1.165) is 6.07 Å². The molecule has 0 aliphatic rings. The molecule has 0 fully saturated rings. The van der Waals surface area contributed by atoms with Crippen LogP contribution in [-0.4, -0.2) is 23.1 Å². The minimum absolute atomic E-state index is 0.0584. The molecule has 0 heterocycles. The van der Waals surface area contributed by atoms with Crippen molar-refractivity contribution in [2.45, 2.75) is 6.42 Å². The standard InChI is InChI=1S/C8H9BFNO3/c10-7-2-1-6(9(13)14)3-5(7)4-8(11)12/h1-3,13-14H,4H2,(H2,11,12). The second kappa shape index (κ2) is 4.21. The number of rotatable bonds is 3. The molecule has 1 amide bonds. The van der Waals surface area contributed by atoms with Crippen LogP contribution in [0.2, 0.25) is 0 Å². The number of benzene rings is 1. The molecule has 0 spiro atoms. The van der Waals surface area contributed by atoms with Crippen molar-refractivity contribution < 1.29 is 19.2 Å². The second-order valence-electron chi connectivity index (χ2n) is 2.87. The van der Waals surface area contributed by atoms with Gasteiger partial charge in [-0.15, -0.1) is 0 Å². The molecule has 0 saturated carbocycles. The van der Waals surface area contributed by atoms with Gasteiger partial charge in [-0.1, -0.05) is 12.1 Å². The van der Waals surface area contributed by atoms with Gasteiger partial charge in [-0.2, -0.15) is 0 Å². The summed E-state index contributed by atoms with van der Waals surface area (Å²) >= 11 is 0. The van der Waals surface area contributed by atoms with E-state index in [0.29, 0.717) is 0 Å². The van der Waals surface area contributed by atoms with Crippen molar-refractivity contribution in [3.05, 3.63) is 29.6 Å². The lowest BCUT2D eigenvalue weighted by Gasteiger charge is -2.04. The monoisotopic (exact) mass is 197 g/mol. The summed E-state index contributed by atoms with van der Waals surface area (Å²) in [6, 6.07) is 3.49.